The second kappa shape index (κ2) is 11.7. The van der Waals surface area contributed by atoms with E-state index in [2.05, 4.69) is 10.6 Å². The first-order valence-corrected chi connectivity index (χ1v) is 7.23. The summed E-state index contributed by atoms with van der Waals surface area (Å²) in [5.74, 6) is -0.261. The molecule has 0 spiro atoms. The van der Waals surface area contributed by atoms with Gasteiger partial charge in [0, 0.05) is 12.1 Å². The van der Waals surface area contributed by atoms with Crippen molar-refractivity contribution in [3.63, 3.8) is 0 Å². The lowest BCUT2D eigenvalue weighted by atomic mass is 10.2. The molecule has 0 fully saturated rings. The van der Waals surface area contributed by atoms with Crippen molar-refractivity contribution in [1.29, 1.82) is 0 Å². The molecular formula is C14H28N2O4. The molecule has 0 bridgehead atoms. The Morgan fingerprint density at radius 2 is 1.20 bits per heavy atom. The second-order valence-corrected chi connectivity index (χ2v) is 4.86. The molecule has 20 heavy (non-hydrogen) atoms. The third-order valence-corrected chi connectivity index (χ3v) is 2.88. The van der Waals surface area contributed by atoms with E-state index >= 15 is 0 Å². The van der Waals surface area contributed by atoms with Gasteiger partial charge in [-0.15, -0.1) is 0 Å². The minimum absolute atomic E-state index is 0.0206. The summed E-state index contributed by atoms with van der Waals surface area (Å²) in [5.41, 5.74) is 0. The molecule has 0 aliphatic carbocycles. The van der Waals surface area contributed by atoms with Gasteiger partial charge in [-0.1, -0.05) is 13.8 Å². The Labute approximate surface area is 121 Å². The summed E-state index contributed by atoms with van der Waals surface area (Å²) in [6.45, 7) is 8.52. The van der Waals surface area contributed by atoms with E-state index in [9.17, 15) is 9.59 Å². The number of rotatable bonds is 11. The maximum Gasteiger partial charge on any atom is 0.246 e. The van der Waals surface area contributed by atoms with Crippen LogP contribution in [0.5, 0.6) is 0 Å². The Bertz CT molecular complexity index is 256. The molecule has 0 saturated heterocycles. The highest BCUT2D eigenvalue weighted by atomic mass is 16.5. The molecule has 0 aromatic rings. The van der Waals surface area contributed by atoms with E-state index in [1.165, 1.54) is 0 Å². The largest absolute Gasteiger partial charge is 0.369 e. The van der Waals surface area contributed by atoms with Crippen LogP contribution in [0.2, 0.25) is 0 Å². The summed E-state index contributed by atoms with van der Waals surface area (Å²) >= 11 is 0. The third kappa shape index (κ3) is 10.8. The lowest BCUT2D eigenvalue weighted by molar-refractivity contribution is -0.129. The van der Waals surface area contributed by atoms with Gasteiger partial charge in [0.05, 0.1) is 13.2 Å². The van der Waals surface area contributed by atoms with E-state index in [-0.39, 0.29) is 37.1 Å². The Kier molecular flexibility index (Phi) is 11.0. The van der Waals surface area contributed by atoms with Gasteiger partial charge in [0.1, 0.15) is 13.2 Å². The highest BCUT2D eigenvalue weighted by molar-refractivity contribution is 5.77. The van der Waals surface area contributed by atoms with Gasteiger partial charge < -0.3 is 20.1 Å². The van der Waals surface area contributed by atoms with Crippen molar-refractivity contribution in [3.05, 3.63) is 0 Å². The maximum atomic E-state index is 11.4. The van der Waals surface area contributed by atoms with Crippen molar-refractivity contribution < 1.29 is 19.1 Å². The molecule has 2 atom stereocenters. The fraction of sp³-hybridized carbons (Fsp3) is 0.857. The number of hydrogen-bond donors (Lipinski definition) is 2. The normalized spacial score (nSPS) is 13.6. The zero-order valence-corrected chi connectivity index (χ0v) is 13.0. The van der Waals surface area contributed by atoms with E-state index in [1.54, 1.807) is 0 Å². The first-order chi connectivity index (χ1) is 9.49. The fourth-order valence-corrected chi connectivity index (χ4v) is 1.28. The molecule has 0 aromatic heterocycles. The van der Waals surface area contributed by atoms with Gasteiger partial charge in [-0.25, -0.2) is 0 Å². The molecule has 0 aliphatic rings. The zero-order valence-electron chi connectivity index (χ0n) is 13.0. The Morgan fingerprint density at radius 3 is 1.50 bits per heavy atom. The van der Waals surface area contributed by atoms with Crippen LogP contribution in [-0.2, 0) is 19.1 Å². The summed E-state index contributed by atoms with van der Waals surface area (Å²) in [5, 5.41) is 5.60. The van der Waals surface area contributed by atoms with Gasteiger partial charge >= 0.3 is 0 Å². The molecule has 2 amide bonds. The molecule has 0 heterocycles. The maximum absolute atomic E-state index is 11.4. The summed E-state index contributed by atoms with van der Waals surface area (Å²) in [6, 6.07) is 0.318. The van der Waals surface area contributed by atoms with Crippen LogP contribution in [0.15, 0.2) is 0 Å². The lowest BCUT2D eigenvalue weighted by Crippen LogP contribution is -2.35. The molecule has 2 unspecified atom stereocenters. The molecule has 0 radical (unpaired) electrons. The van der Waals surface area contributed by atoms with Gasteiger partial charge in [-0.3, -0.25) is 9.59 Å². The highest BCUT2D eigenvalue weighted by Crippen LogP contribution is 1.89. The first kappa shape index (κ1) is 18.9. The number of amides is 2. The Balaban J connectivity index is 3.44. The summed E-state index contributed by atoms with van der Waals surface area (Å²) in [6.07, 6.45) is 1.78. The standard InChI is InChI=1S/C14H28N2O4/c1-5-11(3)15-13(17)9-19-7-8-20-10-14(18)16-12(4)6-2/h11-12H,5-10H2,1-4H3,(H,15,17)(H,16,18). The molecular weight excluding hydrogens is 260 g/mol. The molecule has 6 heteroatoms. The van der Waals surface area contributed by atoms with E-state index in [0.717, 1.165) is 12.8 Å². The quantitative estimate of drug-likeness (QED) is 0.553. The second-order valence-electron chi connectivity index (χ2n) is 4.86. The van der Waals surface area contributed by atoms with Crippen LogP contribution < -0.4 is 10.6 Å². The summed E-state index contributed by atoms with van der Waals surface area (Å²) in [4.78, 5) is 22.7. The van der Waals surface area contributed by atoms with Crippen molar-refractivity contribution in [1.82, 2.24) is 10.6 Å². The van der Waals surface area contributed by atoms with Crippen molar-refractivity contribution in [2.45, 2.75) is 52.6 Å². The SMILES string of the molecule is CCC(C)NC(=O)COCCOCC(=O)NC(C)CC. The van der Waals surface area contributed by atoms with Gasteiger partial charge in [0.15, 0.2) is 0 Å². The summed E-state index contributed by atoms with van der Waals surface area (Å²) < 4.78 is 10.3. The van der Waals surface area contributed by atoms with Crippen LogP contribution in [0.25, 0.3) is 0 Å². The van der Waals surface area contributed by atoms with E-state index in [0.29, 0.717) is 13.2 Å². The summed E-state index contributed by atoms with van der Waals surface area (Å²) in [7, 11) is 0. The molecule has 0 aromatic carbocycles. The highest BCUT2D eigenvalue weighted by Gasteiger charge is 2.06. The monoisotopic (exact) mass is 288 g/mol. The van der Waals surface area contributed by atoms with Gasteiger partial charge in [0.25, 0.3) is 0 Å². The van der Waals surface area contributed by atoms with Crippen molar-refractivity contribution in [3.8, 4) is 0 Å². The number of ether oxygens (including phenoxy) is 2. The molecule has 2 N–H and O–H groups in total. The number of carbonyl (C=O) groups is 2. The van der Waals surface area contributed by atoms with Crippen LogP contribution in [0, 0.1) is 0 Å². The molecule has 0 aliphatic heterocycles. The van der Waals surface area contributed by atoms with Crippen LogP contribution in [0.4, 0.5) is 0 Å². The zero-order chi connectivity index (χ0) is 15.4. The van der Waals surface area contributed by atoms with E-state index in [4.69, 9.17) is 9.47 Å². The third-order valence-electron chi connectivity index (χ3n) is 2.88. The van der Waals surface area contributed by atoms with Crippen LogP contribution >= 0.6 is 0 Å². The average molecular weight is 288 g/mol. The number of carbonyl (C=O) groups excluding carboxylic acids is 2. The molecule has 0 rings (SSSR count). The van der Waals surface area contributed by atoms with Gasteiger partial charge in [-0.2, -0.15) is 0 Å². The Hall–Kier alpha value is -1.14. The molecule has 0 saturated carbocycles. The molecule has 118 valence electrons. The molecule has 6 nitrogen and oxygen atoms in total. The minimum Gasteiger partial charge on any atom is -0.369 e. The average Bonchev–Trinajstić information content (AvgIpc) is 2.42. The fourth-order valence-electron chi connectivity index (χ4n) is 1.28. The van der Waals surface area contributed by atoms with Crippen LogP contribution in [0.1, 0.15) is 40.5 Å². The number of nitrogens with one attached hydrogen (secondary N) is 2. The van der Waals surface area contributed by atoms with Gasteiger partial charge in [0.2, 0.25) is 11.8 Å². The van der Waals surface area contributed by atoms with Gasteiger partial charge in [-0.05, 0) is 26.7 Å². The predicted octanol–water partition coefficient (Wildman–Crippen LogP) is 0.849. The first-order valence-electron chi connectivity index (χ1n) is 7.23. The van der Waals surface area contributed by atoms with Crippen molar-refractivity contribution in [2.75, 3.05) is 26.4 Å². The van der Waals surface area contributed by atoms with Crippen molar-refractivity contribution in [2.24, 2.45) is 0 Å². The predicted molar refractivity (Wildman–Crippen MR) is 77.4 cm³/mol. The van der Waals surface area contributed by atoms with Crippen LogP contribution in [-0.4, -0.2) is 50.3 Å². The van der Waals surface area contributed by atoms with Crippen molar-refractivity contribution >= 4 is 11.8 Å². The number of hydrogen-bond acceptors (Lipinski definition) is 4. The smallest absolute Gasteiger partial charge is 0.246 e. The Morgan fingerprint density at radius 1 is 0.850 bits per heavy atom. The van der Waals surface area contributed by atoms with E-state index in [1.807, 2.05) is 27.7 Å². The topological polar surface area (TPSA) is 76.7 Å². The minimum atomic E-state index is -0.131. The lowest BCUT2D eigenvalue weighted by Gasteiger charge is -2.12. The van der Waals surface area contributed by atoms with E-state index < -0.39 is 0 Å². The van der Waals surface area contributed by atoms with Crippen LogP contribution in [0.3, 0.4) is 0 Å².